The van der Waals surface area contributed by atoms with E-state index in [9.17, 15) is 4.57 Å². The predicted octanol–water partition coefficient (Wildman–Crippen LogP) is 1.28. The van der Waals surface area contributed by atoms with Gasteiger partial charge in [-0.3, -0.25) is 13.6 Å². The van der Waals surface area contributed by atoms with Crippen molar-refractivity contribution in [2.45, 2.75) is 20.8 Å². The summed E-state index contributed by atoms with van der Waals surface area (Å²) in [6.45, 7) is 6.21. The lowest BCUT2D eigenvalue weighted by molar-refractivity contribution is 0.126. The molecule has 10 heteroatoms. The monoisotopic (exact) mass is 280 g/mol. The van der Waals surface area contributed by atoms with Crippen LogP contribution >= 0.6 is 15.6 Å². The Labute approximate surface area is 94.4 Å². The zero-order valence-corrected chi connectivity index (χ0v) is 11.2. The Morgan fingerprint density at radius 1 is 0.812 bits per heavy atom. The largest absolute Gasteiger partial charge is 0.474 e. The molecule has 0 bridgehead atoms. The van der Waals surface area contributed by atoms with Gasteiger partial charge in [0.15, 0.2) is 0 Å². The van der Waals surface area contributed by atoms with Crippen LogP contribution < -0.4 is 0 Å². The first kappa shape index (κ1) is 18.6. The van der Waals surface area contributed by atoms with Crippen molar-refractivity contribution >= 4 is 15.6 Å². The molecule has 3 N–H and O–H groups in total. The summed E-state index contributed by atoms with van der Waals surface area (Å²) in [7, 11) is -7.86. The second-order valence-corrected chi connectivity index (χ2v) is 4.91. The van der Waals surface area contributed by atoms with Gasteiger partial charge in [0.1, 0.15) is 0 Å². The van der Waals surface area contributed by atoms with Crippen LogP contribution in [0.15, 0.2) is 0 Å². The van der Waals surface area contributed by atoms with Crippen LogP contribution in [0.4, 0.5) is 0 Å². The molecule has 0 aliphatic rings. The van der Waals surface area contributed by atoms with Gasteiger partial charge in [0.05, 0.1) is 19.8 Å². The molecular formula is C6H18O8P2. The van der Waals surface area contributed by atoms with Crippen LogP contribution in [0.1, 0.15) is 20.8 Å². The quantitative estimate of drug-likeness (QED) is 0.622. The Morgan fingerprint density at radius 3 is 1.12 bits per heavy atom. The Balaban J connectivity index is 0. The summed E-state index contributed by atoms with van der Waals surface area (Å²) in [5, 5.41) is 0. The molecule has 0 aromatic heterocycles. The molecule has 0 unspecified atom stereocenters. The third-order valence-corrected chi connectivity index (χ3v) is 2.58. The van der Waals surface area contributed by atoms with E-state index in [1.54, 1.807) is 20.8 Å². The van der Waals surface area contributed by atoms with Crippen molar-refractivity contribution in [2.75, 3.05) is 19.8 Å². The first-order chi connectivity index (χ1) is 7.18. The topological polar surface area (TPSA) is 123 Å². The third kappa shape index (κ3) is 16.6. The summed E-state index contributed by atoms with van der Waals surface area (Å²) < 4.78 is 34.7. The van der Waals surface area contributed by atoms with E-state index in [4.69, 9.17) is 32.8 Å². The van der Waals surface area contributed by atoms with Crippen LogP contribution in [0.2, 0.25) is 0 Å². The fourth-order valence-electron chi connectivity index (χ4n) is 0.586. The van der Waals surface area contributed by atoms with E-state index in [2.05, 4.69) is 0 Å². The summed E-state index contributed by atoms with van der Waals surface area (Å²) in [5.41, 5.74) is 0. The minimum absolute atomic E-state index is 0.331. The highest BCUT2D eigenvalue weighted by molar-refractivity contribution is 7.48. The minimum atomic E-state index is -4.64. The van der Waals surface area contributed by atoms with E-state index in [0.29, 0.717) is 19.8 Å². The van der Waals surface area contributed by atoms with Gasteiger partial charge in [0, 0.05) is 0 Å². The molecule has 16 heavy (non-hydrogen) atoms. The zero-order chi connectivity index (χ0) is 13.2. The number of rotatable bonds is 6. The van der Waals surface area contributed by atoms with Gasteiger partial charge in [-0.05, 0) is 20.8 Å². The van der Waals surface area contributed by atoms with Gasteiger partial charge in [-0.15, -0.1) is 0 Å². The Kier molecular flexibility index (Phi) is 10.8. The number of hydrogen-bond acceptors (Lipinski definition) is 5. The molecule has 0 aromatic carbocycles. The van der Waals surface area contributed by atoms with Gasteiger partial charge in [-0.1, -0.05) is 0 Å². The lowest BCUT2D eigenvalue weighted by Crippen LogP contribution is -1.99. The summed E-state index contributed by atoms with van der Waals surface area (Å²) >= 11 is 0. The number of phosphoric ester groups is 1. The van der Waals surface area contributed by atoms with Gasteiger partial charge < -0.3 is 14.7 Å². The van der Waals surface area contributed by atoms with Crippen LogP contribution in [0.25, 0.3) is 0 Å². The lowest BCUT2D eigenvalue weighted by Gasteiger charge is -2.14. The van der Waals surface area contributed by atoms with Crippen LogP contribution in [-0.4, -0.2) is 34.5 Å². The average Bonchev–Trinajstić information content (AvgIpc) is 2.01. The molecule has 0 rings (SSSR count). The first-order valence-electron chi connectivity index (χ1n) is 4.50. The average molecular weight is 280 g/mol. The molecule has 0 aliphatic heterocycles. The van der Waals surface area contributed by atoms with E-state index >= 15 is 0 Å². The van der Waals surface area contributed by atoms with Crippen molar-refractivity contribution < 1.29 is 37.4 Å². The van der Waals surface area contributed by atoms with E-state index in [0.717, 1.165) is 0 Å². The molecule has 100 valence electrons. The van der Waals surface area contributed by atoms with Crippen molar-refractivity contribution in [1.82, 2.24) is 0 Å². The molecular weight excluding hydrogens is 262 g/mol. The molecule has 8 nitrogen and oxygen atoms in total. The van der Waals surface area contributed by atoms with Crippen LogP contribution in [0, 0.1) is 0 Å². The summed E-state index contributed by atoms with van der Waals surface area (Å²) in [5.74, 6) is 0. The summed E-state index contributed by atoms with van der Waals surface area (Å²) in [6, 6.07) is 0. The fourth-order valence-corrected chi connectivity index (χ4v) is 1.76. The standard InChI is InChI=1S/C6H15O4P.H3O4P/c1-4-8-11(7,9-5-2)10-6-3;1-5(2,3)4/h4-6H2,1-3H3;(H3,1,2,3,4). The van der Waals surface area contributed by atoms with E-state index in [-0.39, 0.29) is 0 Å². The molecule has 0 atom stereocenters. The lowest BCUT2D eigenvalue weighted by atomic mass is 10.9. The maximum Gasteiger partial charge on any atom is 0.474 e. The normalized spacial score (nSPS) is 11.9. The molecule has 0 fully saturated rings. The van der Waals surface area contributed by atoms with Crippen molar-refractivity contribution in [3.8, 4) is 0 Å². The first-order valence-corrected chi connectivity index (χ1v) is 7.53. The molecule has 0 amide bonds. The zero-order valence-electron chi connectivity index (χ0n) is 9.40. The van der Waals surface area contributed by atoms with E-state index in [1.807, 2.05) is 0 Å². The third-order valence-electron chi connectivity index (χ3n) is 0.862. The van der Waals surface area contributed by atoms with Crippen molar-refractivity contribution in [3.05, 3.63) is 0 Å². The fraction of sp³-hybridized carbons (Fsp3) is 1.00. The smallest absolute Gasteiger partial charge is 0.303 e. The molecule has 0 saturated carbocycles. The van der Waals surface area contributed by atoms with E-state index in [1.165, 1.54) is 0 Å². The minimum Gasteiger partial charge on any atom is -0.303 e. The highest BCUT2D eigenvalue weighted by Crippen LogP contribution is 2.48. The molecule has 0 aliphatic carbocycles. The Morgan fingerprint density at radius 2 is 1.00 bits per heavy atom. The van der Waals surface area contributed by atoms with Crippen LogP contribution in [0.3, 0.4) is 0 Å². The Hall–Kier alpha value is 0.220. The Bertz CT molecular complexity index is 217. The second kappa shape index (κ2) is 9.27. The van der Waals surface area contributed by atoms with Crippen molar-refractivity contribution in [2.24, 2.45) is 0 Å². The van der Waals surface area contributed by atoms with Gasteiger partial charge in [-0.2, -0.15) is 0 Å². The van der Waals surface area contributed by atoms with Crippen molar-refractivity contribution in [1.29, 1.82) is 0 Å². The SMILES string of the molecule is CCOP(=O)(OCC)OCC.O=P(O)(O)O. The summed E-state index contributed by atoms with van der Waals surface area (Å²) in [6.07, 6.45) is 0. The van der Waals surface area contributed by atoms with E-state index < -0.39 is 15.6 Å². The van der Waals surface area contributed by atoms with Crippen LogP contribution in [0.5, 0.6) is 0 Å². The maximum absolute atomic E-state index is 11.3. The highest BCUT2D eigenvalue weighted by atomic mass is 31.2. The number of hydrogen-bond donors (Lipinski definition) is 3. The van der Waals surface area contributed by atoms with Gasteiger partial charge >= 0.3 is 15.6 Å². The molecule has 0 saturated heterocycles. The number of phosphoric acid groups is 2. The van der Waals surface area contributed by atoms with Gasteiger partial charge in [0.25, 0.3) is 0 Å². The van der Waals surface area contributed by atoms with Gasteiger partial charge in [-0.25, -0.2) is 9.13 Å². The van der Waals surface area contributed by atoms with Crippen molar-refractivity contribution in [3.63, 3.8) is 0 Å². The molecule has 0 radical (unpaired) electrons. The second-order valence-electron chi connectivity index (χ2n) is 2.21. The maximum atomic E-state index is 11.3. The summed E-state index contributed by atoms with van der Waals surface area (Å²) in [4.78, 5) is 21.6. The molecule has 0 spiro atoms. The highest BCUT2D eigenvalue weighted by Gasteiger charge is 2.23. The molecule has 0 aromatic rings. The van der Waals surface area contributed by atoms with Gasteiger partial charge in [0.2, 0.25) is 0 Å². The van der Waals surface area contributed by atoms with Crippen LogP contribution in [-0.2, 0) is 22.7 Å². The predicted molar refractivity (Wildman–Crippen MR) is 56.7 cm³/mol. The molecule has 0 heterocycles.